The van der Waals surface area contributed by atoms with Crippen LogP contribution < -0.4 is 14.4 Å². The van der Waals surface area contributed by atoms with E-state index in [4.69, 9.17) is 9.47 Å². The number of nitrogens with zero attached hydrogens (tertiary/aromatic N) is 1. The van der Waals surface area contributed by atoms with Crippen LogP contribution in [0.4, 0.5) is 10.1 Å². The number of aryl methyl sites for hydroxylation is 1. The molecule has 120 valence electrons. The highest BCUT2D eigenvalue weighted by Crippen LogP contribution is 2.35. The van der Waals surface area contributed by atoms with Crippen LogP contribution in [-0.2, 0) is 6.42 Å². The maximum Gasteiger partial charge on any atom is 0.265 e. The van der Waals surface area contributed by atoms with Gasteiger partial charge in [-0.25, -0.2) is 4.39 Å². The zero-order valence-electron chi connectivity index (χ0n) is 13.1. The molecule has 5 heteroatoms. The smallest absolute Gasteiger partial charge is 0.265 e. The Balaban J connectivity index is 2.10. The molecule has 0 radical (unpaired) electrons. The van der Waals surface area contributed by atoms with Gasteiger partial charge in [-0.2, -0.15) is 0 Å². The van der Waals surface area contributed by atoms with Crippen molar-refractivity contribution in [3.8, 4) is 11.5 Å². The van der Waals surface area contributed by atoms with Crippen LogP contribution >= 0.6 is 0 Å². The lowest BCUT2D eigenvalue weighted by atomic mass is 10.00. The lowest BCUT2D eigenvalue weighted by molar-refractivity contribution is 0.0978. The Bertz CT molecular complexity index is 723. The molecule has 0 spiro atoms. The molecule has 0 atom stereocenters. The highest BCUT2D eigenvalue weighted by molar-refractivity contribution is 6.10. The first-order valence-corrected chi connectivity index (χ1v) is 7.47. The summed E-state index contributed by atoms with van der Waals surface area (Å²) in [5.41, 5.74) is 1.52. The van der Waals surface area contributed by atoms with Gasteiger partial charge < -0.3 is 14.4 Å². The molecule has 0 fully saturated rings. The normalized spacial score (nSPS) is 13.4. The Kier molecular flexibility index (Phi) is 4.19. The summed E-state index contributed by atoms with van der Waals surface area (Å²) in [4.78, 5) is 14.6. The predicted octanol–water partition coefficient (Wildman–Crippen LogP) is 3.44. The molecule has 0 unspecified atom stereocenters. The summed E-state index contributed by atoms with van der Waals surface area (Å²) in [5.74, 6) is 0.130. The van der Waals surface area contributed by atoms with Crippen molar-refractivity contribution in [3.05, 3.63) is 53.3 Å². The quantitative estimate of drug-likeness (QED) is 0.871. The predicted molar refractivity (Wildman–Crippen MR) is 85.9 cm³/mol. The van der Waals surface area contributed by atoms with Gasteiger partial charge in [0.15, 0.2) is 0 Å². The van der Waals surface area contributed by atoms with Crippen LogP contribution in [0.25, 0.3) is 0 Å². The molecule has 1 amide bonds. The average Bonchev–Trinajstić information content (AvgIpc) is 2.60. The maximum absolute atomic E-state index is 14.3. The first-order valence-electron chi connectivity index (χ1n) is 7.47. The molecule has 1 aliphatic heterocycles. The average molecular weight is 315 g/mol. The number of carbonyl (C=O) groups is 1. The topological polar surface area (TPSA) is 38.8 Å². The molecule has 23 heavy (non-hydrogen) atoms. The van der Waals surface area contributed by atoms with Gasteiger partial charge in [0.25, 0.3) is 5.91 Å². The van der Waals surface area contributed by atoms with Gasteiger partial charge in [-0.15, -0.1) is 0 Å². The molecule has 0 bridgehead atoms. The van der Waals surface area contributed by atoms with Crippen LogP contribution in [0.1, 0.15) is 22.3 Å². The minimum atomic E-state index is -0.385. The number of carbonyl (C=O) groups excluding carboxylic acids is 1. The summed E-state index contributed by atoms with van der Waals surface area (Å²) in [7, 11) is 2.99. The van der Waals surface area contributed by atoms with E-state index < -0.39 is 0 Å². The second-order valence-corrected chi connectivity index (χ2v) is 5.35. The first-order chi connectivity index (χ1) is 11.2. The first kappa shape index (κ1) is 15.3. The molecule has 2 aromatic rings. The second-order valence-electron chi connectivity index (χ2n) is 5.35. The Labute approximate surface area is 134 Å². The van der Waals surface area contributed by atoms with E-state index in [0.717, 1.165) is 18.4 Å². The third kappa shape index (κ3) is 2.63. The highest BCUT2D eigenvalue weighted by Gasteiger charge is 2.30. The van der Waals surface area contributed by atoms with Crippen LogP contribution in [0.15, 0.2) is 36.4 Å². The Morgan fingerprint density at radius 3 is 2.39 bits per heavy atom. The number of benzene rings is 2. The van der Waals surface area contributed by atoms with Crippen LogP contribution in [0.2, 0.25) is 0 Å². The molecule has 0 aliphatic carbocycles. The van der Waals surface area contributed by atoms with Gasteiger partial charge in [0.1, 0.15) is 22.9 Å². The Hall–Kier alpha value is -2.56. The standard InChI is InChI=1S/C18H18FNO3/c1-22-14-9-4-10-15(23-2)16(14)18(21)20-11-5-7-12-6-3-8-13(19)17(12)20/h3-4,6,8-10H,5,7,11H2,1-2H3. The van der Waals surface area contributed by atoms with E-state index in [1.807, 2.05) is 6.07 Å². The van der Waals surface area contributed by atoms with E-state index in [1.165, 1.54) is 25.2 Å². The van der Waals surface area contributed by atoms with Gasteiger partial charge in [-0.1, -0.05) is 18.2 Å². The maximum atomic E-state index is 14.3. The number of anilines is 1. The van der Waals surface area contributed by atoms with E-state index >= 15 is 0 Å². The Morgan fingerprint density at radius 2 is 1.74 bits per heavy atom. The largest absolute Gasteiger partial charge is 0.496 e. The van der Waals surface area contributed by atoms with Crippen molar-refractivity contribution >= 4 is 11.6 Å². The van der Waals surface area contributed by atoms with Gasteiger partial charge >= 0.3 is 0 Å². The number of ether oxygens (including phenoxy) is 2. The van der Waals surface area contributed by atoms with Crippen molar-refractivity contribution in [3.63, 3.8) is 0 Å². The number of rotatable bonds is 3. The fourth-order valence-corrected chi connectivity index (χ4v) is 3.00. The lowest BCUT2D eigenvalue weighted by Gasteiger charge is -2.30. The molecule has 0 aromatic heterocycles. The summed E-state index contributed by atoms with van der Waals surface area (Å²) >= 11 is 0. The highest BCUT2D eigenvalue weighted by atomic mass is 19.1. The van der Waals surface area contributed by atoms with E-state index in [9.17, 15) is 9.18 Å². The van der Waals surface area contributed by atoms with E-state index in [1.54, 1.807) is 24.3 Å². The SMILES string of the molecule is COc1cccc(OC)c1C(=O)N1CCCc2cccc(F)c21. The van der Waals surface area contributed by atoms with Gasteiger partial charge in [0.2, 0.25) is 0 Å². The van der Waals surface area contributed by atoms with Gasteiger partial charge in [0.05, 0.1) is 19.9 Å². The van der Waals surface area contributed by atoms with Gasteiger partial charge in [-0.3, -0.25) is 4.79 Å². The zero-order chi connectivity index (χ0) is 16.4. The van der Waals surface area contributed by atoms with E-state index in [0.29, 0.717) is 29.3 Å². The van der Waals surface area contributed by atoms with Gasteiger partial charge in [-0.05, 0) is 36.6 Å². The van der Waals surface area contributed by atoms with Crippen molar-refractivity contribution in [1.29, 1.82) is 0 Å². The van der Waals surface area contributed by atoms with Crippen LogP contribution in [0.3, 0.4) is 0 Å². The lowest BCUT2D eigenvalue weighted by Crippen LogP contribution is -2.36. The molecular formula is C18H18FNO3. The van der Waals surface area contributed by atoms with Crippen LogP contribution in [-0.4, -0.2) is 26.7 Å². The third-order valence-electron chi connectivity index (χ3n) is 4.05. The number of fused-ring (bicyclic) bond motifs is 1. The van der Waals surface area contributed by atoms with Gasteiger partial charge in [0, 0.05) is 6.54 Å². The van der Waals surface area contributed by atoms with E-state index in [-0.39, 0.29) is 11.7 Å². The number of hydrogen-bond donors (Lipinski definition) is 0. The molecule has 0 saturated carbocycles. The monoisotopic (exact) mass is 315 g/mol. The molecule has 0 N–H and O–H groups in total. The fraction of sp³-hybridized carbons (Fsp3) is 0.278. The van der Waals surface area contributed by atoms with Crippen LogP contribution in [0, 0.1) is 5.82 Å². The number of halogens is 1. The minimum absolute atomic E-state index is 0.314. The molecule has 1 heterocycles. The minimum Gasteiger partial charge on any atom is -0.496 e. The third-order valence-corrected chi connectivity index (χ3v) is 4.05. The molecule has 3 rings (SSSR count). The fourth-order valence-electron chi connectivity index (χ4n) is 3.00. The molecule has 1 aliphatic rings. The summed E-state index contributed by atoms with van der Waals surface area (Å²) < 4.78 is 24.9. The number of hydrogen-bond acceptors (Lipinski definition) is 3. The molecule has 2 aromatic carbocycles. The van der Waals surface area contributed by atoms with Crippen molar-refractivity contribution in [1.82, 2.24) is 0 Å². The summed E-state index contributed by atoms with van der Waals surface area (Å²) in [6.45, 7) is 0.466. The summed E-state index contributed by atoms with van der Waals surface area (Å²) in [6.07, 6.45) is 1.56. The van der Waals surface area contributed by atoms with Crippen LogP contribution in [0.5, 0.6) is 11.5 Å². The summed E-state index contributed by atoms with van der Waals surface area (Å²) in [5, 5.41) is 0. The number of methoxy groups -OCH3 is 2. The Morgan fingerprint density at radius 1 is 1.09 bits per heavy atom. The van der Waals surface area contributed by atoms with Crippen molar-refractivity contribution in [2.75, 3.05) is 25.7 Å². The molecule has 0 saturated heterocycles. The summed E-state index contributed by atoms with van der Waals surface area (Å²) in [6, 6.07) is 10.1. The molecular weight excluding hydrogens is 297 g/mol. The van der Waals surface area contributed by atoms with Crippen molar-refractivity contribution in [2.45, 2.75) is 12.8 Å². The van der Waals surface area contributed by atoms with Crippen molar-refractivity contribution < 1.29 is 18.7 Å². The second kappa shape index (κ2) is 6.28. The van der Waals surface area contributed by atoms with Crippen molar-refractivity contribution in [2.24, 2.45) is 0 Å². The number of para-hydroxylation sites is 1. The number of amides is 1. The van der Waals surface area contributed by atoms with E-state index in [2.05, 4.69) is 0 Å². The molecule has 4 nitrogen and oxygen atoms in total. The zero-order valence-corrected chi connectivity index (χ0v) is 13.1.